The Morgan fingerprint density at radius 3 is 2.86 bits per heavy atom. The van der Waals surface area contributed by atoms with Crippen LogP contribution in [0.2, 0.25) is 0 Å². The summed E-state index contributed by atoms with van der Waals surface area (Å²) in [5, 5.41) is 21.8. The number of benzene rings is 2. The first kappa shape index (κ1) is 20.2. The van der Waals surface area contributed by atoms with E-state index >= 15 is 0 Å². The fourth-order valence-corrected chi connectivity index (χ4v) is 3.60. The lowest BCUT2D eigenvalue weighted by Gasteiger charge is -2.11. The van der Waals surface area contributed by atoms with Gasteiger partial charge in [-0.15, -0.1) is 10.2 Å². The number of rotatable bonds is 7. The van der Waals surface area contributed by atoms with E-state index in [0.717, 1.165) is 4.47 Å². The number of phenolic OH excluding ortho intramolecular Hbond substituents is 1. The van der Waals surface area contributed by atoms with Crippen LogP contribution in [0.4, 0.5) is 5.69 Å². The van der Waals surface area contributed by atoms with E-state index in [1.807, 2.05) is 25.1 Å². The van der Waals surface area contributed by atoms with Crippen molar-refractivity contribution in [2.24, 2.45) is 7.05 Å². The number of phenols is 1. The van der Waals surface area contributed by atoms with Gasteiger partial charge in [-0.25, -0.2) is 0 Å². The summed E-state index contributed by atoms with van der Waals surface area (Å²) in [5.41, 5.74) is 1.19. The quantitative estimate of drug-likeness (QED) is 0.514. The second-order valence-corrected chi connectivity index (χ2v) is 7.65. The summed E-state index contributed by atoms with van der Waals surface area (Å²) < 4.78 is 8.08. The van der Waals surface area contributed by atoms with E-state index in [4.69, 9.17) is 4.74 Å². The van der Waals surface area contributed by atoms with Gasteiger partial charge in [-0.1, -0.05) is 39.8 Å². The summed E-state index contributed by atoms with van der Waals surface area (Å²) in [6, 6.07) is 12.4. The van der Waals surface area contributed by atoms with Gasteiger partial charge in [0.15, 0.2) is 11.0 Å². The monoisotopic (exact) mass is 462 g/mol. The zero-order valence-electron chi connectivity index (χ0n) is 15.3. The SMILES string of the molecule is CCOc1ccccc1NC(=O)CSc1nnc(-c2cc(Br)ccc2O)n1C. The largest absolute Gasteiger partial charge is 0.507 e. The van der Waals surface area contributed by atoms with Crippen molar-refractivity contribution in [1.29, 1.82) is 0 Å². The Bertz CT molecular complexity index is 993. The van der Waals surface area contributed by atoms with Gasteiger partial charge in [0.1, 0.15) is 11.5 Å². The Kier molecular flexibility index (Phi) is 6.58. The number of para-hydroxylation sites is 2. The number of ether oxygens (including phenoxy) is 1. The molecule has 0 bridgehead atoms. The number of hydrogen-bond donors (Lipinski definition) is 2. The third-order valence-electron chi connectivity index (χ3n) is 3.83. The highest BCUT2D eigenvalue weighted by molar-refractivity contribution is 9.10. The second-order valence-electron chi connectivity index (χ2n) is 5.79. The first-order valence-corrected chi connectivity index (χ1v) is 10.3. The number of nitrogens with one attached hydrogen (secondary N) is 1. The molecule has 2 aromatic carbocycles. The second kappa shape index (κ2) is 9.11. The maximum Gasteiger partial charge on any atom is 0.234 e. The molecular weight excluding hydrogens is 444 g/mol. The van der Waals surface area contributed by atoms with Gasteiger partial charge in [-0.2, -0.15) is 0 Å². The normalized spacial score (nSPS) is 10.7. The van der Waals surface area contributed by atoms with Crippen molar-refractivity contribution < 1.29 is 14.6 Å². The molecule has 1 heterocycles. The number of anilines is 1. The minimum Gasteiger partial charge on any atom is -0.507 e. The van der Waals surface area contributed by atoms with E-state index in [0.29, 0.717) is 34.6 Å². The number of carbonyl (C=O) groups is 1. The lowest BCUT2D eigenvalue weighted by atomic mass is 10.2. The molecule has 0 atom stereocenters. The van der Waals surface area contributed by atoms with Crippen LogP contribution in [-0.4, -0.2) is 38.1 Å². The fraction of sp³-hybridized carbons (Fsp3) is 0.211. The fourth-order valence-electron chi connectivity index (χ4n) is 2.53. The van der Waals surface area contributed by atoms with E-state index in [1.165, 1.54) is 11.8 Å². The molecule has 0 radical (unpaired) electrons. The number of halogens is 1. The van der Waals surface area contributed by atoms with Crippen molar-refractivity contribution in [3.63, 3.8) is 0 Å². The molecule has 2 N–H and O–H groups in total. The molecule has 0 aliphatic rings. The Morgan fingerprint density at radius 2 is 2.07 bits per heavy atom. The third-order valence-corrected chi connectivity index (χ3v) is 5.34. The van der Waals surface area contributed by atoms with E-state index in [1.54, 1.807) is 35.9 Å². The average Bonchev–Trinajstić information content (AvgIpc) is 3.04. The van der Waals surface area contributed by atoms with E-state index < -0.39 is 0 Å². The third kappa shape index (κ3) is 4.66. The number of carbonyl (C=O) groups excluding carboxylic acids is 1. The maximum absolute atomic E-state index is 12.3. The minimum atomic E-state index is -0.174. The van der Waals surface area contributed by atoms with Crippen LogP contribution in [0.15, 0.2) is 52.1 Å². The van der Waals surface area contributed by atoms with Crippen molar-refractivity contribution in [3.05, 3.63) is 46.9 Å². The van der Waals surface area contributed by atoms with Gasteiger partial charge in [0.2, 0.25) is 5.91 Å². The Hall–Kier alpha value is -2.52. The van der Waals surface area contributed by atoms with Crippen molar-refractivity contribution in [1.82, 2.24) is 14.8 Å². The lowest BCUT2D eigenvalue weighted by molar-refractivity contribution is -0.113. The highest BCUT2D eigenvalue weighted by atomic mass is 79.9. The molecule has 0 spiro atoms. The number of aromatic hydroxyl groups is 1. The maximum atomic E-state index is 12.3. The molecule has 1 amide bonds. The predicted octanol–water partition coefficient (Wildman–Crippen LogP) is 4.08. The molecule has 0 unspecified atom stereocenters. The molecule has 28 heavy (non-hydrogen) atoms. The van der Waals surface area contributed by atoms with Gasteiger partial charge >= 0.3 is 0 Å². The molecule has 1 aromatic heterocycles. The molecule has 3 aromatic rings. The molecule has 146 valence electrons. The smallest absolute Gasteiger partial charge is 0.234 e. The molecule has 7 nitrogen and oxygen atoms in total. The van der Waals surface area contributed by atoms with Gasteiger partial charge in [0.05, 0.1) is 23.6 Å². The summed E-state index contributed by atoms with van der Waals surface area (Å²) in [6.45, 7) is 2.41. The lowest BCUT2D eigenvalue weighted by Crippen LogP contribution is -2.15. The summed E-state index contributed by atoms with van der Waals surface area (Å²) >= 11 is 4.65. The van der Waals surface area contributed by atoms with Crippen LogP contribution in [0.3, 0.4) is 0 Å². The summed E-state index contributed by atoms with van der Waals surface area (Å²) in [7, 11) is 1.79. The van der Waals surface area contributed by atoms with Crippen LogP contribution >= 0.6 is 27.7 Å². The van der Waals surface area contributed by atoms with Gasteiger partial charge in [-0.3, -0.25) is 4.79 Å². The number of hydrogen-bond acceptors (Lipinski definition) is 6. The molecule has 0 aliphatic heterocycles. The van der Waals surface area contributed by atoms with Crippen molar-refractivity contribution >= 4 is 39.3 Å². The summed E-state index contributed by atoms with van der Waals surface area (Å²) in [6.07, 6.45) is 0. The summed E-state index contributed by atoms with van der Waals surface area (Å²) in [4.78, 5) is 12.3. The first-order chi connectivity index (χ1) is 13.5. The van der Waals surface area contributed by atoms with Gasteiger partial charge in [0.25, 0.3) is 0 Å². The number of nitrogens with zero attached hydrogens (tertiary/aromatic N) is 3. The zero-order valence-corrected chi connectivity index (χ0v) is 17.7. The van der Waals surface area contributed by atoms with Crippen molar-refractivity contribution in [2.45, 2.75) is 12.1 Å². The van der Waals surface area contributed by atoms with E-state index in [-0.39, 0.29) is 17.4 Å². The van der Waals surface area contributed by atoms with Gasteiger partial charge in [-0.05, 0) is 37.3 Å². The van der Waals surface area contributed by atoms with Crippen LogP contribution in [0.25, 0.3) is 11.4 Å². The molecule has 3 rings (SSSR count). The van der Waals surface area contributed by atoms with Crippen LogP contribution in [0.5, 0.6) is 11.5 Å². The van der Waals surface area contributed by atoms with Crippen molar-refractivity contribution in [2.75, 3.05) is 17.7 Å². The predicted molar refractivity (Wildman–Crippen MR) is 113 cm³/mol. The molecule has 0 aliphatic carbocycles. The van der Waals surface area contributed by atoms with Crippen LogP contribution in [0.1, 0.15) is 6.92 Å². The highest BCUT2D eigenvalue weighted by Crippen LogP contribution is 2.32. The Labute approximate surface area is 175 Å². The number of thioether (sulfide) groups is 1. The van der Waals surface area contributed by atoms with Crippen LogP contribution in [0, 0.1) is 0 Å². The van der Waals surface area contributed by atoms with Crippen LogP contribution < -0.4 is 10.1 Å². The topological polar surface area (TPSA) is 89.3 Å². The van der Waals surface area contributed by atoms with Gasteiger partial charge < -0.3 is 19.7 Å². The average molecular weight is 463 g/mol. The van der Waals surface area contributed by atoms with Crippen molar-refractivity contribution in [3.8, 4) is 22.9 Å². The molecule has 0 fully saturated rings. The highest BCUT2D eigenvalue weighted by Gasteiger charge is 2.16. The van der Waals surface area contributed by atoms with E-state index in [9.17, 15) is 9.90 Å². The minimum absolute atomic E-state index is 0.112. The number of aromatic nitrogens is 3. The Balaban J connectivity index is 1.68. The van der Waals surface area contributed by atoms with E-state index in [2.05, 4.69) is 31.4 Å². The van der Waals surface area contributed by atoms with Crippen LogP contribution in [-0.2, 0) is 11.8 Å². The Morgan fingerprint density at radius 1 is 1.29 bits per heavy atom. The standard InChI is InChI=1S/C19H19BrN4O3S/c1-3-27-16-7-5-4-6-14(16)21-17(26)11-28-19-23-22-18(24(19)2)13-10-12(20)8-9-15(13)25/h4-10,25H,3,11H2,1-2H3,(H,21,26). The molecule has 9 heteroatoms. The zero-order chi connectivity index (χ0) is 20.1. The summed E-state index contributed by atoms with van der Waals surface area (Å²) in [5.74, 6) is 1.25. The van der Waals surface area contributed by atoms with Gasteiger partial charge in [0, 0.05) is 11.5 Å². The number of amides is 1. The first-order valence-electron chi connectivity index (χ1n) is 8.52. The molecule has 0 saturated carbocycles. The molecule has 0 saturated heterocycles. The molecular formula is C19H19BrN4O3S.